The molecule has 13 nitrogen and oxygen atoms in total. The van der Waals surface area contributed by atoms with Crippen LogP contribution in [0.1, 0.15) is 34.3 Å². The van der Waals surface area contributed by atoms with E-state index in [2.05, 4.69) is 42.4 Å². The number of benzene rings is 2. The van der Waals surface area contributed by atoms with E-state index >= 15 is 0 Å². The maximum atomic E-state index is 13.5. The summed E-state index contributed by atoms with van der Waals surface area (Å²) in [5.74, 6) is 0.677. The van der Waals surface area contributed by atoms with Gasteiger partial charge in [-0.3, -0.25) is 19.5 Å². The van der Waals surface area contributed by atoms with Gasteiger partial charge in [0.1, 0.15) is 11.2 Å². The molecule has 2 unspecified atom stereocenters. The highest BCUT2D eigenvalue weighted by Crippen LogP contribution is 2.30. The number of aromatic nitrogens is 6. The minimum Gasteiger partial charge on any atom is -0.436 e. The van der Waals surface area contributed by atoms with Crippen molar-refractivity contribution in [3.05, 3.63) is 83.9 Å². The molecule has 0 radical (unpaired) electrons. The fraction of sp³-hybridized carbons (Fsp3) is 0.300. The Hall–Kier alpha value is -5.01. The van der Waals surface area contributed by atoms with Gasteiger partial charge >= 0.3 is 0 Å². The Balaban J connectivity index is 1.07. The Bertz CT molecular complexity index is 1800. The molecule has 5 heterocycles. The Labute approximate surface area is 246 Å². The molecule has 13 heteroatoms. The summed E-state index contributed by atoms with van der Waals surface area (Å²) < 4.78 is 5.98. The quantitative estimate of drug-likeness (QED) is 0.317. The second-order valence-corrected chi connectivity index (χ2v) is 10.7. The molecular formula is C30H29N9O4. The van der Waals surface area contributed by atoms with E-state index in [1.165, 1.54) is 4.80 Å². The summed E-state index contributed by atoms with van der Waals surface area (Å²) in [5, 5.41) is 22.6. The SMILES string of the molecule is Cn1nnc(C(c2ccccc2)N2CCN(C(=O)c3cc(-c4nc5cc(N6CC(O)CC6=O)ccc5o4)ccn3)CC2)n1. The zero-order valence-electron chi connectivity index (χ0n) is 23.4. The first-order valence-corrected chi connectivity index (χ1v) is 14.1. The normalized spacial score (nSPS) is 18.5. The van der Waals surface area contributed by atoms with Crippen molar-refractivity contribution in [3.63, 3.8) is 0 Å². The zero-order valence-corrected chi connectivity index (χ0v) is 23.4. The molecular weight excluding hydrogens is 550 g/mol. The Morgan fingerprint density at radius 3 is 2.58 bits per heavy atom. The average molecular weight is 580 g/mol. The van der Waals surface area contributed by atoms with Gasteiger partial charge in [-0.2, -0.15) is 4.80 Å². The van der Waals surface area contributed by atoms with Gasteiger partial charge in [0, 0.05) is 43.6 Å². The molecule has 0 spiro atoms. The van der Waals surface area contributed by atoms with Crippen LogP contribution in [0.15, 0.2) is 71.3 Å². The molecule has 2 aromatic carbocycles. The van der Waals surface area contributed by atoms with E-state index in [0.29, 0.717) is 65.9 Å². The number of aliphatic hydroxyl groups excluding tert-OH is 1. The number of nitrogens with zero attached hydrogens (tertiary/aromatic N) is 9. The van der Waals surface area contributed by atoms with Crippen LogP contribution in [-0.2, 0) is 11.8 Å². The molecule has 0 saturated carbocycles. The molecule has 2 amide bonds. The molecule has 2 saturated heterocycles. The van der Waals surface area contributed by atoms with E-state index in [1.54, 1.807) is 53.4 Å². The van der Waals surface area contributed by atoms with Crippen molar-refractivity contribution >= 4 is 28.6 Å². The van der Waals surface area contributed by atoms with Crippen LogP contribution in [0, 0.1) is 0 Å². The summed E-state index contributed by atoms with van der Waals surface area (Å²) in [6, 6.07) is 18.6. The first kappa shape index (κ1) is 26.9. The number of aliphatic hydroxyl groups is 1. The molecule has 3 aromatic heterocycles. The Kier molecular flexibility index (Phi) is 6.87. The van der Waals surface area contributed by atoms with Crippen LogP contribution < -0.4 is 4.90 Å². The van der Waals surface area contributed by atoms with Gasteiger partial charge in [0.25, 0.3) is 5.91 Å². The van der Waals surface area contributed by atoms with Crippen molar-refractivity contribution < 1.29 is 19.1 Å². The van der Waals surface area contributed by atoms with E-state index in [-0.39, 0.29) is 30.8 Å². The molecule has 0 bridgehead atoms. The third-order valence-electron chi connectivity index (χ3n) is 7.86. The first-order chi connectivity index (χ1) is 20.9. The average Bonchev–Trinajstić information content (AvgIpc) is 3.75. The third-order valence-corrected chi connectivity index (χ3v) is 7.86. The largest absolute Gasteiger partial charge is 0.436 e. The van der Waals surface area contributed by atoms with Crippen molar-refractivity contribution in [1.82, 2.24) is 40.0 Å². The molecule has 1 N–H and O–H groups in total. The van der Waals surface area contributed by atoms with Gasteiger partial charge in [-0.15, -0.1) is 10.2 Å². The van der Waals surface area contributed by atoms with Gasteiger partial charge < -0.3 is 19.3 Å². The third kappa shape index (κ3) is 5.24. The topological polar surface area (TPSA) is 147 Å². The predicted molar refractivity (Wildman–Crippen MR) is 155 cm³/mol. The van der Waals surface area contributed by atoms with Gasteiger partial charge in [-0.25, -0.2) is 4.98 Å². The highest BCUT2D eigenvalue weighted by molar-refractivity contribution is 5.98. The Morgan fingerprint density at radius 1 is 1.05 bits per heavy atom. The van der Waals surface area contributed by atoms with Crippen LogP contribution in [0.2, 0.25) is 0 Å². The number of rotatable bonds is 6. The molecule has 2 atom stereocenters. The van der Waals surface area contributed by atoms with E-state index in [1.807, 2.05) is 18.2 Å². The second-order valence-electron chi connectivity index (χ2n) is 10.7. The Morgan fingerprint density at radius 2 is 1.86 bits per heavy atom. The highest BCUT2D eigenvalue weighted by Gasteiger charge is 2.32. The van der Waals surface area contributed by atoms with Gasteiger partial charge in [-0.05, 0) is 41.1 Å². The monoisotopic (exact) mass is 579 g/mol. The number of anilines is 1. The number of amides is 2. The fourth-order valence-electron chi connectivity index (χ4n) is 5.74. The lowest BCUT2D eigenvalue weighted by molar-refractivity contribution is -0.117. The maximum absolute atomic E-state index is 13.5. The maximum Gasteiger partial charge on any atom is 0.272 e. The minimum atomic E-state index is -0.674. The number of fused-ring (bicyclic) bond motifs is 1. The molecule has 5 aromatic rings. The van der Waals surface area contributed by atoms with Gasteiger partial charge in [0.2, 0.25) is 11.8 Å². The fourth-order valence-corrected chi connectivity index (χ4v) is 5.74. The lowest BCUT2D eigenvalue weighted by Crippen LogP contribution is -2.50. The van der Waals surface area contributed by atoms with Gasteiger partial charge in [-0.1, -0.05) is 30.3 Å². The van der Waals surface area contributed by atoms with E-state index < -0.39 is 6.10 Å². The number of oxazole rings is 1. The highest BCUT2D eigenvalue weighted by atomic mass is 16.3. The predicted octanol–water partition coefficient (Wildman–Crippen LogP) is 2.06. The van der Waals surface area contributed by atoms with Crippen LogP contribution >= 0.6 is 0 Å². The number of carbonyl (C=O) groups is 2. The van der Waals surface area contributed by atoms with Crippen LogP contribution in [0.4, 0.5) is 5.69 Å². The van der Waals surface area contributed by atoms with Crippen molar-refractivity contribution in [2.24, 2.45) is 7.05 Å². The van der Waals surface area contributed by atoms with E-state index in [0.717, 1.165) is 5.56 Å². The van der Waals surface area contributed by atoms with Crippen molar-refractivity contribution in [3.8, 4) is 11.5 Å². The number of hydrogen-bond acceptors (Lipinski definition) is 10. The molecule has 2 aliphatic heterocycles. The van der Waals surface area contributed by atoms with Crippen LogP contribution in [0.25, 0.3) is 22.6 Å². The van der Waals surface area contributed by atoms with Gasteiger partial charge in [0.05, 0.1) is 32.2 Å². The number of pyridine rings is 1. The second kappa shape index (κ2) is 11.0. The number of aryl methyl sites for hydroxylation is 1. The lowest BCUT2D eigenvalue weighted by atomic mass is 10.0. The number of tetrazole rings is 1. The van der Waals surface area contributed by atoms with Crippen LogP contribution in [0.3, 0.4) is 0 Å². The van der Waals surface area contributed by atoms with E-state index in [4.69, 9.17) is 4.42 Å². The summed E-state index contributed by atoms with van der Waals surface area (Å²) in [6.07, 6.45) is 1.01. The molecule has 2 aliphatic rings. The first-order valence-electron chi connectivity index (χ1n) is 14.1. The lowest BCUT2D eigenvalue weighted by Gasteiger charge is -2.38. The smallest absolute Gasteiger partial charge is 0.272 e. The van der Waals surface area contributed by atoms with E-state index in [9.17, 15) is 14.7 Å². The summed E-state index contributed by atoms with van der Waals surface area (Å²) in [5.41, 5.74) is 3.79. The van der Waals surface area contributed by atoms with Crippen molar-refractivity contribution in [2.45, 2.75) is 18.6 Å². The molecule has 218 valence electrons. The summed E-state index contributed by atoms with van der Waals surface area (Å²) >= 11 is 0. The number of β-amino-alcohol motifs (C(OH)–C–C–N with tert-alkyl or cyclic N) is 1. The summed E-state index contributed by atoms with van der Waals surface area (Å²) in [6.45, 7) is 2.55. The molecule has 0 aliphatic carbocycles. The van der Waals surface area contributed by atoms with Crippen molar-refractivity contribution in [2.75, 3.05) is 37.6 Å². The molecule has 43 heavy (non-hydrogen) atoms. The zero-order chi connectivity index (χ0) is 29.5. The number of piperazine rings is 1. The van der Waals surface area contributed by atoms with Gasteiger partial charge in [0.15, 0.2) is 11.4 Å². The van der Waals surface area contributed by atoms with Crippen LogP contribution in [-0.4, -0.2) is 95.7 Å². The number of carbonyl (C=O) groups excluding carboxylic acids is 2. The number of hydrogen-bond donors (Lipinski definition) is 1. The summed E-state index contributed by atoms with van der Waals surface area (Å²) in [7, 11) is 1.75. The molecule has 2 fully saturated rings. The van der Waals surface area contributed by atoms with Crippen molar-refractivity contribution in [1.29, 1.82) is 0 Å². The van der Waals surface area contributed by atoms with Crippen LogP contribution in [0.5, 0.6) is 0 Å². The minimum absolute atomic E-state index is 0.109. The standard InChI is InChI=1S/C30H29N9O4/c1-36-34-28(33-35-36)27(19-5-3-2-4-6-19)37-11-13-38(14-12-37)30(42)24-15-20(9-10-31-24)29-32-23-16-21(7-8-25(23)43-29)39-18-22(40)17-26(39)41/h2-10,15-16,22,27,40H,11-14,17-18H2,1H3. The summed E-state index contributed by atoms with van der Waals surface area (Å²) in [4.78, 5) is 41.8. The molecule has 7 rings (SSSR count).